The second-order valence-electron chi connectivity index (χ2n) is 9.92. The third kappa shape index (κ3) is 3.73. The molecule has 3 fully saturated rings. The van der Waals surface area contributed by atoms with Crippen LogP contribution in [0.3, 0.4) is 0 Å². The molecule has 0 aliphatic heterocycles. The van der Waals surface area contributed by atoms with E-state index in [0.29, 0.717) is 0 Å². The third-order valence-electron chi connectivity index (χ3n) is 7.99. The molecular weight excluding hydrogens is 264 g/mol. The largest absolute Gasteiger partial charge is 0.0622 e. The average molecular weight is 307 g/mol. The fraction of sp³-hybridized carbons (Fsp3) is 1.00. The van der Waals surface area contributed by atoms with Gasteiger partial charge in [0.1, 0.15) is 0 Å². The Labute approximate surface area is 140 Å². The van der Waals surface area contributed by atoms with Gasteiger partial charge in [-0.05, 0) is 84.9 Å². The van der Waals surface area contributed by atoms with E-state index in [1.807, 2.05) is 0 Å². The van der Waals surface area contributed by atoms with Crippen LogP contribution in [0, 0.1) is 59.2 Å². The lowest BCUT2D eigenvalue weighted by Crippen LogP contribution is -2.25. The highest BCUT2D eigenvalue weighted by molar-refractivity contribution is 4.97. The lowest BCUT2D eigenvalue weighted by molar-refractivity contribution is 0.157. The smallest absolute Gasteiger partial charge is 0.0329 e. The Morgan fingerprint density at radius 3 is 0.727 bits per heavy atom. The van der Waals surface area contributed by atoms with E-state index in [-0.39, 0.29) is 0 Å². The zero-order chi connectivity index (χ0) is 16.6. The lowest BCUT2D eigenvalue weighted by atomic mass is 9.71. The van der Waals surface area contributed by atoms with Gasteiger partial charge in [0.15, 0.2) is 0 Å². The molecule has 22 heavy (non-hydrogen) atoms. The number of hydrogen-bond donors (Lipinski definition) is 0. The fourth-order valence-corrected chi connectivity index (χ4v) is 6.54. The predicted molar refractivity (Wildman–Crippen MR) is 98.8 cm³/mol. The van der Waals surface area contributed by atoms with Crippen molar-refractivity contribution < 1.29 is 0 Å². The third-order valence-corrected chi connectivity index (χ3v) is 7.99. The van der Waals surface area contributed by atoms with Crippen molar-refractivity contribution >= 4 is 0 Å². The molecule has 0 heteroatoms. The fourth-order valence-electron chi connectivity index (χ4n) is 6.54. The Hall–Kier alpha value is 0. The minimum atomic E-state index is 0.964. The zero-order valence-electron chi connectivity index (χ0n) is 16.6. The quantitative estimate of drug-likeness (QED) is 0.457. The maximum Gasteiger partial charge on any atom is -0.0329 e. The summed E-state index contributed by atoms with van der Waals surface area (Å²) >= 11 is 0. The first-order chi connectivity index (χ1) is 10.2. The van der Waals surface area contributed by atoms with Gasteiger partial charge in [-0.15, -0.1) is 0 Å². The Morgan fingerprint density at radius 2 is 0.500 bits per heavy atom. The first-order valence-corrected chi connectivity index (χ1v) is 10.2. The van der Waals surface area contributed by atoms with Gasteiger partial charge in [0.25, 0.3) is 0 Å². The SMILES string of the molecule is CC1CC(C)C(C)CC1C.CC1CC(C)C2C(C)CC(C)C12. The molecule has 0 spiro atoms. The number of hydrogen-bond acceptors (Lipinski definition) is 0. The van der Waals surface area contributed by atoms with Gasteiger partial charge in [0, 0.05) is 0 Å². The molecule has 3 aliphatic carbocycles. The molecule has 0 aromatic rings. The molecule has 8 unspecified atom stereocenters. The van der Waals surface area contributed by atoms with Crippen LogP contribution in [0.2, 0.25) is 0 Å². The van der Waals surface area contributed by atoms with Crippen LogP contribution in [0.25, 0.3) is 0 Å². The molecule has 0 nitrogen and oxygen atoms in total. The Morgan fingerprint density at radius 1 is 0.318 bits per heavy atom. The molecule has 0 amide bonds. The Bertz CT molecular complexity index is 284. The summed E-state index contributed by atoms with van der Waals surface area (Å²) in [5.41, 5.74) is 0. The highest BCUT2D eigenvalue weighted by atomic mass is 14.5. The molecule has 3 saturated carbocycles. The molecule has 0 saturated heterocycles. The second kappa shape index (κ2) is 7.27. The minimum absolute atomic E-state index is 0.964. The van der Waals surface area contributed by atoms with E-state index in [9.17, 15) is 0 Å². The molecule has 0 radical (unpaired) electrons. The van der Waals surface area contributed by atoms with Crippen molar-refractivity contribution in [2.75, 3.05) is 0 Å². The van der Waals surface area contributed by atoms with Crippen molar-refractivity contribution in [3.05, 3.63) is 0 Å². The summed E-state index contributed by atoms with van der Waals surface area (Å²) in [4.78, 5) is 0. The monoisotopic (exact) mass is 306 g/mol. The van der Waals surface area contributed by atoms with Crippen molar-refractivity contribution in [2.45, 2.75) is 81.1 Å². The molecular formula is C22H42. The van der Waals surface area contributed by atoms with Crippen LogP contribution < -0.4 is 0 Å². The van der Waals surface area contributed by atoms with Gasteiger partial charge in [-0.25, -0.2) is 0 Å². The van der Waals surface area contributed by atoms with Gasteiger partial charge in [0.2, 0.25) is 0 Å². The van der Waals surface area contributed by atoms with E-state index >= 15 is 0 Å². The van der Waals surface area contributed by atoms with Gasteiger partial charge in [0.05, 0.1) is 0 Å². The van der Waals surface area contributed by atoms with Crippen molar-refractivity contribution in [1.82, 2.24) is 0 Å². The molecule has 0 aromatic carbocycles. The number of fused-ring (bicyclic) bond motifs is 1. The summed E-state index contributed by atoms with van der Waals surface area (Å²) in [6, 6.07) is 0. The van der Waals surface area contributed by atoms with E-state index in [1.54, 1.807) is 0 Å². The van der Waals surface area contributed by atoms with Crippen LogP contribution in [0.4, 0.5) is 0 Å². The summed E-state index contributed by atoms with van der Waals surface area (Å²) in [7, 11) is 0. The van der Waals surface area contributed by atoms with E-state index < -0.39 is 0 Å². The molecule has 130 valence electrons. The first-order valence-electron chi connectivity index (χ1n) is 10.2. The minimum Gasteiger partial charge on any atom is -0.0622 e. The average Bonchev–Trinajstić information content (AvgIpc) is 2.88. The zero-order valence-corrected chi connectivity index (χ0v) is 16.6. The summed E-state index contributed by atoms with van der Waals surface area (Å²) in [5.74, 6) is 10.0. The molecule has 0 bridgehead atoms. The van der Waals surface area contributed by atoms with Crippen LogP contribution in [0.1, 0.15) is 81.1 Å². The second-order valence-corrected chi connectivity index (χ2v) is 9.92. The highest BCUT2D eigenvalue weighted by Gasteiger charge is 2.48. The van der Waals surface area contributed by atoms with Gasteiger partial charge in [-0.1, -0.05) is 55.4 Å². The van der Waals surface area contributed by atoms with Crippen molar-refractivity contribution in [3.8, 4) is 0 Å². The standard InChI is InChI=1S/C12H22.C10H20/c1-7-5-8(2)12-10(4)6-9(3)11(7)12;1-7-5-9(3)10(4)6-8(7)2/h7-12H,5-6H2,1-4H3;7-10H,5-6H2,1-4H3. The summed E-state index contributed by atoms with van der Waals surface area (Å²) in [6.07, 6.45) is 5.87. The highest BCUT2D eigenvalue weighted by Crippen LogP contribution is 2.55. The van der Waals surface area contributed by atoms with Gasteiger partial charge in [-0.3, -0.25) is 0 Å². The predicted octanol–water partition coefficient (Wildman–Crippen LogP) is 6.90. The molecule has 3 aliphatic rings. The normalized spacial score (nSPS) is 54.5. The molecule has 8 atom stereocenters. The molecule has 0 heterocycles. The number of rotatable bonds is 0. The van der Waals surface area contributed by atoms with E-state index in [0.717, 1.165) is 59.2 Å². The van der Waals surface area contributed by atoms with Gasteiger partial charge >= 0.3 is 0 Å². The topological polar surface area (TPSA) is 0 Å². The van der Waals surface area contributed by atoms with Crippen LogP contribution in [0.15, 0.2) is 0 Å². The summed E-state index contributed by atoms with van der Waals surface area (Å²) < 4.78 is 0. The van der Waals surface area contributed by atoms with Crippen LogP contribution in [0.5, 0.6) is 0 Å². The first kappa shape index (κ1) is 18.3. The Kier molecular flexibility index (Phi) is 6.06. The van der Waals surface area contributed by atoms with Crippen LogP contribution >= 0.6 is 0 Å². The Balaban J connectivity index is 0.000000164. The molecule has 0 aromatic heterocycles. The summed E-state index contributed by atoms with van der Waals surface area (Å²) in [5, 5.41) is 0. The maximum atomic E-state index is 2.47. The maximum absolute atomic E-state index is 2.47. The lowest BCUT2D eigenvalue weighted by Gasteiger charge is -2.35. The van der Waals surface area contributed by atoms with Gasteiger partial charge in [-0.2, -0.15) is 0 Å². The van der Waals surface area contributed by atoms with Crippen molar-refractivity contribution in [1.29, 1.82) is 0 Å². The van der Waals surface area contributed by atoms with Crippen molar-refractivity contribution in [2.24, 2.45) is 59.2 Å². The van der Waals surface area contributed by atoms with Crippen LogP contribution in [-0.4, -0.2) is 0 Å². The van der Waals surface area contributed by atoms with Crippen molar-refractivity contribution in [3.63, 3.8) is 0 Å². The molecule has 0 N–H and O–H groups in total. The van der Waals surface area contributed by atoms with E-state index in [4.69, 9.17) is 0 Å². The van der Waals surface area contributed by atoms with E-state index in [2.05, 4.69) is 55.4 Å². The van der Waals surface area contributed by atoms with Gasteiger partial charge < -0.3 is 0 Å². The van der Waals surface area contributed by atoms with E-state index in [1.165, 1.54) is 25.7 Å². The molecule has 3 rings (SSSR count). The van der Waals surface area contributed by atoms with Crippen LogP contribution in [-0.2, 0) is 0 Å². The summed E-state index contributed by atoms with van der Waals surface area (Å²) in [6.45, 7) is 19.5.